The van der Waals surface area contributed by atoms with E-state index in [2.05, 4.69) is 5.32 Å². The molecule has 1 atom stereocenters. The molecule has 3 aromatic rings. The van der Waals surface area contributed by atoms with Crippen molar-refractivity contribution in [3.63, 3.8) is 0 Å². The molecule has 0 fully saturated rings. The molecule has 5 heteroatoms. The first-order chi connectivity index (χ1) is 14.7. The molecule has 3 rings (SSSR count). The highest BCUT2D eigenvalue weighted by Gasteiger charge is 2.18. The number of ether oxygens (including phenoxy) is 2. The molecule has 1 amide bonds. The zero-order chi connectivity index (χ0) is 22.5. The molecule has 0 saturated heterocycles. The van der Waals surface area contributed by atoms with Crippen LogP contribution in [-0.4, -0.2) is 18.0 Å². The molecule has 0 radical (unpaired) electrons. The third kappa shape index (κ3) is 5.72. The van der Waals surface area contributed by atoms with Crippen molar-refractivity contribution in [2.24, 2.45) is 0 Å². The Hall–Kier alpha value is -3.60. The van der Waals surface area contributed by atoms with E-state index >= 15 is 0 Å². The average molecular weight is 418 g/mol. The van der Waals surface area contributed by atoms with E-state index in [1.165, 1.54) is 0 Å². The standard InChI is InChI=1S/C26H27NO4/c1-16-7-13-23(19(4)14-16)27-25(28)21-9-11-22(12-10-21)31-26(29)20(5)30-24-15-17(2)6-8-18(24)3/h6-15,20H,1-5H3,(H,27,28). The molecule has 1 N–H and O–H groups in total. The number of rotatable bonds is 6. The lowest BCUT2D eigenvalue weighted by Gasteiger charge is -2.16. The van der Waals surface area contributed by atoms with Gasteiger partial charge in [-0.2, -0.15) is 0 Å². The van der Waals surface area contributed by atoms with E-state index in [-0.39, 0.29) is 5.91 Å². The van der Waals surface area contributed by atoms with Crippen molar-refractivity contribution in [1.29, 1.82) is 0 Å². The molecular weight excluding hydrogens is 390 g/mol. The normalized spacial score (nSPS) is 11.5. The third-order valence-electron chi connectivity index (χ3n) is 4.94. The molecule has 1 unspecified atom stereocenters. The zero-order valence-electron chi connectivity index (χ0n) is 18.5. The topological polar surface area (TPSA) is 64.6 Å². The van der Waals surface area contributed by atoms with Gasteiger partial charge in [0.2, 0.25) is 0 Å². The fourth-order valence-electron chi connectivity index (χ4n) is 3.09. The predicted molar refractivity (Wildman–Crippen MR) is 122 cm³/mol. The molecule has 0 spiro atoms. The maximum absolute atomic E-state index is 12.5. The number of benzene rings is 3. The molecule has 0 heterocycles. The summed E-state index contributed by atoms with van der Waals surface area (Å²) in [5.41, 5.74) is 5.37. The van der Waals surface area contributed by atoms with E-state index < -0.39 is 12.1 Å². The molecule has 0 aliphatic heterocycles. The van der Waals surface area contributed by atoms with Crippen LogP contribution >= 0.6 is 0 Å². The first-order valence-electron chi connectivity index (χ1n) is 10.2. The number of hydrogen-bond acceptors (Lipinski definition) is 4. The van der Waals surface area contributed by atoms with E-state index in [9.17, 15) is 9.59 Å². The molecular formula is C26H27NO4. The Morgan fingerprint density at radius 3 is 2.13 bits per heavy atom. The summed E-state index contributed by atoms with van der Waals surface area (Å²) in [6.45, 7) is 9.50. The van der Waals surface area contributed by atoms with Crippen LogP contribution in [0.5, 0.6) is 11.5 Å². The number of anilines is 1. The minimum Gasteiger partial charge on any atom is -0.479 e. The number of hydrogen-bond donors (Lipinski definition) is 1. The number of carbonyl (C=O) groups excluding carboxylic acids is 2. The molecule has 0 saturated carbocycles. The third-order valence-corrected chi connectivity index (χ3v) is 4.94. The highest BCUT2D eigenvalue weighted by Crippen LogP contribution is 2.22. The van der Waals surface area contributed by atoms with Gasteiger partial charge in [0.15, 0.2) is 6.10 Å². The Balaban J connectivity index is 1.61. The molecule has 3 aromatic carbocycles. The van der Waals surface area contributed by atoms with Crippen LogP contribution in [0, 0.1) is 27.7 Å². The Bertz CT molecular complexity index is 1100. The summed E-state index contributed by atoms with van der Waals surface area (Å²) in [4.78, 5) is 24.9. The lowest BCUT2D eigenvalue weighted by molar-refractivity contribution is -0.141. The second kappa shape index (κ2) is 9.47. The van der Waals surface area contributed by atoms with Crippen LogP contribution in [0.2, 0.25) is 0 Å². The van der Waals surface area contributed by atoms with Crippen LogP contribution in [0.15, 0.2) is 60.7 Å². The summed E-state index contributed by atoms with van der Waals surface area (Å²) in [6.07, 6.45) is -0.770. The van der Waals surface area contributed by atoms with Crippen molar-refractivity contribution in [3.05, 3.63) is 88.5 Å². The fraction of sp³-hybridized carbons (Fsp3) is 0.231. The maximum Gasteiger partial charge on any atom is 0.352 e. The fourth-order valence-corrected chi connectivity index (χ4v) is 3.09. The molecule has 0 aromatic heterocycles. The second-order valence-electron chi connectivity index (χ2n) is 7.75. The summed E-state index contributed by atoms with van der Waals surface area (Å²) >= 11 is 0. The number of carbonyl (C=O) groups is 2. The number of esters is 1. The molecule has 5 nitrogen and oxygen atoms in total. The van der Waals surface area contributed by atoms with Gasteiger partial charge in [0.05, 0.1) is 0 Å². The Morgan fingerprint density at radius 1 is 0.806 bits per heavy atom. The van der Waals surface area contributed by atoms with Gasteiger partial charge < -0.3 is 14.8 Å². The van der Waals surface area contributed by atoms with Gasteiger partial charge in [-0.3, -0.25) is 4.79 Å². The van der Waals surface area contributed by atoms with Gasteiger partial charge in [0.25, 0.3) is 5.91 Å². The minimum absolute atomic E-state index is 0.226. The van der Waals surface area contributed by atoms with E-state index in [0.29, 0.717) is 17.1 Å². The maximum atomic E-state index is 12.5. The van der Waals surface area contributed by atoms with Crippen molar-refractivity contribution in [2.75, 3.05) is 5.32 Å². The molecule has 0 bridgehead atoms. The van der Waals surface area contributed by atoms with Gasteiger partial charge in [-0.05, 0) is 87.7 Å². The van der Waals surface area contributed by atoms with Crippen LogP contribution in [0.25, 0.3) is 0 Å². The van der Waals surface area contributed by atoms with E-state index in [1.807, 2.05) is 64.1 Å². The minimum atomic E-state index is -0.770. The lowest BCUT2D eigenvalue weighted by atomic mass is 10.1. The quantitative estimate of drug-likeness (QED) is 0.422. The SMILES string of the molecule is Cc1ccc(NC(=O)c2ccc(OC(=O)C(C)Oc3cc(C)ccc3C)cc2)c(C)c1. The molecule has 160 valence electrons. The summed E-state index contributed by atoms with van der Waals surface area (Å²) in [6, 6.07) is 18.1. The van der Waals surface area contributed by atoms with Gasteiger partial charge in [-0.15, -0.1) is 0 Å². The van der Waals surface area contributed by atoms with Crippen LogP contribution in [0.1, 0.15) is 39.5 Å². The van der Waals surface area contributed by atoms with Crippen LogP contribution in [-0.2, 0) is 4.79 Å². The van der Waals surface area contributed by atoms with Crippen molar-refractivity contribution in [2.45, 2.75) is 40.7 Å². The summed E-state index contributed by atoms with van der Waals surface area (Å²) in [5, 5.41) is 2.90. The van der Waals surface area contributed by atoms with Crippen molar-refractivity contribution in [1.82, 2.24) is 0 Å². The van der Waals surface area contributed by atoms with Gasteiger partial charge in [-0.25, -0.2) is 4.79 Å². The van der Waals surface area contributed by atoms with Gasteiger partial charge in [0, 0.05) is 11.3 Å². The smallest absolute Gasteiger partial charge is 0.352 e. The van der Waals surface area contributed by atoms with Crippen LogP contribution in [0.4, 0.5) is 5.69 Å². The molecule has 31 heavy (non-hydrogen) atoms. The summed E-state index contributed by atoms with van der Waals surface area (Å²) < 4.78 is 11.2. The average Bonchev–Trinajstić information content (AvgIpc) is 2.73. The highest BCUT2D eigenvalue weighted by molar-refractivity contribution is 6.04. The first-order valence-corrected chi connectivity index (χ1v) is 10.2. The van der Waals surface area contributed by atoms with Crippen LogP contribution < -0.4 is 14.8 Å². The van der Waals surface area contributed by atoms with Crippen molar-refractivity contribution >= 4 is 17.6 Å². The lowest BCUT2D eigenvalue weighted by Crippen LogP contribution is -2.28. The summed E-state index contributed by atoms with van der Waals surface area (Å²) in [5.74, 6) is 0.275. The van der Waals surface area contributed by atoms with Gasteiger partial charge in [0.1, 0.15) is 11.5 Å². The molecule has 0 aliphatic rings. The van der Waals surface area contributed by atoms with Crippen LogP contribution in [0.3, 0.4) is 0 Å². The summed E-state index contributed by atoms with van der Waals surface area (Å²) in [7, 11) is 0. The Labute approximate surface area is 183 Å². The van der Waals surface area contributed by atoms with Crippen molar-refractivity contribution < 1.29 is 19.1 Å². The number of aryl methyl sites for hydroxylation is 4. The Kier molecular flexibility index (Phi) is 6.75. The monoisotopic (exact) mass is 417 g/mol. The number of nitrogens with one attached hydrogen (secondary N) is 1. The molecule has 0 aliphatic carbocycles. The van der Waals surface area contributed by atoms with E-state index in [0.717, 1.165) is 27.9 Å². The first kappa shape index (κ1) is 22.1. The van der Waals surface area contributed by atoms with E-state index in [4.69, 9.17) is 9.47 Å². The number of amides is 1. The van der Waals surface area contributed by atoms with Gasteiger partial charge >= 0.3 is 5.97 Å². The van der Waals surface area contributed by atoms with Crippen molar-refractivity contribution in [3.8, 4) is 11.5 Å². The second-order valence-corrected chi connectivity index (χ2v) is 7.75. The van der Waals surface area contributed by atoms with E-state index in [1.54, 1.807) is 31.2 Å². The van der Waals surface area contributed by atoms with Gasteiger partial charge in [-0.1, -0.05) is 29.8 Å². The Morgan fingerprint density at radius 2 is 1.45 bits per heavy atom. The zero-order valence-corrected chi connectivity index (χ0v) is 18.5. The predicted octanol–water partition coefficient (Wildman–Crippen LogP) is 5.55. The largest absolute Gasteiger partial charge is 0.479 e. The highest BCUT2D eigenvalue weighted by atomic mass is 16.6.